The van der Waals surface area contributed by atoms with E-state index in [9.17, 15) is 9.90 Å². The molecule has 20 heteroatoms. The molecule has 0 spiro atoms. The SMILES string of the molecule is COc1ccc(CN(Cc2ccc(OC)cc2)S(=O)(=O)c2c(S(=O)(=O)C(C)CN(C(=O)O)C(C)(C)C)ccc(-c3cccc4c3nc(N)n4C)c2-c2nnn(Cc3ccc(OC)cc3)n2)cc1. The Labute approximate surface area is 389 Å². The molecular weight excluding hydrogens is 899 g/mol. The Morgan fingerprint density at radius 2 is 1.31 bits per heavy atom. The van der Waals surface area contributed by atoms with Crippen LogP contribution in [0.3, 0.4) is 0 Å². The maximum Gasteiger partial charge on any atom is 0.407 e. The van der Waals surface area contributed by atoms with Gasteiger partial charge < -0.3 is 34.5 Å². The average Bonchev–Trinajstić information content (AvgIpc) is 3.89. The fourth-order valence-electron chi connectivity index (χ4n) is 7.68. The third-order valence-corrected chi connectivity index (χ3v) is 15.6. The van der Waals surface area contributed by atoms with Gasteiger partial charge in [-0.05, 0) is 104 Å². The van der Waals surface area contributed by atoms with Gasteiger partial charge in [-0.25, -0.2) is 26.6 Å². The topological polar surface area (TPSA) is 227 Å². The van der Waals surface area contributed by atoms with Crippen LogP contribution in [0.4, 0.5) is 10.7 Å². The Bertz CT molecular complexity index is 3080. The van der Waals surface area contributed by atoms with E-state index in [1.165, 1.54) is 42.4 Å². The quantitative estimate of drug-likeness (QED) is 0.0949. The molecule has 0 bridgehead atoms. The van der Waals surface area contributed by atoms with E-state index in [0.29, 0.717) is 45.0 Å². The van der Waals surface area contributed by atoms with Crippen molar-refractivity contribution in [1.29, 1.82) is 0 Å². The fraction of sp³-hybridized carbons (Fsp3) is 0.298. The van der Waals surface area contributed by atoms with E-state index < -0.39 is 53.1 Å². The number of methoxy groups -OCH3 is 3. The van der Waals surface area contributed by atoms with Gasteiger partial charge in [-0.1, -0.05) is 54.6 Å². The van der Waals surface area contributed by atoms with Gasteiger partial charge in [0.05, 0.1) is 54.6 Å². The summed E-state index contributed by atoms with van der Waals surface area (Å²) in [4.78, 5) is 18.3. The molecule has 0 saturated heterocycles. The van der Waals surface area contributed by atoms with Crippen molar-refractivity contribution in [2.24, 2.45) is 7.05 Å². The number of nitrogens with zero attached hydrogens (tertiary/aromatic N) is 8. The molecule has 0 saturated carbocycles. The predicted octanol–water partition coefficient (Wildman–Crippen LogP) is 6.88. The summed E-state index contributed by atoms with van der Waals surface area (Å²) in [6.07, 6.45) is -1.34. The maximum atomic E-state index is 16.2. The van der Waals surface area contributed by atoms with Crippen LogP contribution in [0.5, 0.6) is 17.2 Å². The van der Waals surface area contributed by atoms with E-state index in [2.05, 4.69) is 15.3 Å². The maximum absolute atomic E-state index is 16.2. The molecule has 2 aromatic heterocycles. The highest BCUT2D eigenvalue weighted by atomic mass is 32.2. The zero-order chi connectivity index (χ0) is 48.4. The molecule has 0 aliphatic carbocycles. The molecule has 352 valence electrons. The highest BCUT2D eigenvalue weighted by Gasteiger charge is 2.41. The second-order valence-corrected chi connectivity index (χ2v) is 21.1. The molecule has 1 amide bonds. The van der Waals surface area contributed by atoms with Gasteiger partial charge in [0.1, 0.15) is 22.1 Å². The number of nitrogen functional groups attached to an aromatic ring is 1. The molecular formula is C47H53N9O9S2. The van der Waals surface area contributed by atoms with E-state index >= 15 is 16.8 Å². The summed E-state index contributed by atoms with van der Waals surface area (Å²) in [5.74, 6) is 1.70. The minimum absolute atomic E-state index is 0.106. The summed E-state index contributed by atoms with van der Waals surface area (Å²) in [6, 6.07) is 28.9. The zero-order valence-corrected chi connectivity index (χ0v) is 40.0. The third-order valence-electron chi connectivity index (χ3n) is 11.5. The second kappa shape index (κ2) is 19.1. The predicted molar refractivity (Wildman–Crippen MR) is 253 cm³/mol. The van der Waals surface area contributed by atoms with Crippen molar-refractivity contribution in [1.82, 2.24) is 39.0 Å². The Morgan fingerprint density at radius 3 is 1.82 bits per heavy atom. The van der Waals surface area contributed by atoms with E-state index in [-0.39, 0.29) is 42.5 Å². The molecule has 7 rings (SSSR count). The lowest BCUT2D eigenvalue weighted by Crippen LogP contribution is -2.49. The monoisotopic (exact) mass is 951 g/mol. The lowest BCUT2D eigenvalue weighted by Gasteiger charge is -2.35. The van der Waals surface area contributed by atoms with E-state index in [1.54, 1.807) is 118 Å². The lowest BCUT2D eigenvalue weighted by molar-refractivity contribution is 0.101. The molecule has 1 atom stereocenters. The third kappa shape index (κ3) is 9.91. The van der Waals surface area contributed by atoms with Gasteiger partial charge in [-0.3, -0.25) is 0 Å². The number of para-hydroxylation sites is 1. The minimum atomic E-state index is -4.99. The summed E-state index contributed by atoms with van der Waals surface area (Å²) >= 11 is 0. The lowest BCUT2D eigenvalue weighted by atomic mass is 9.98. The number of nitrogens with two attached hydrogens (primary N) is 1. The first-order valence-electron chi connectivity index (χ1n) is 21.1. The van der Waals surface area contributed by atoms with Crippen LogP contribution in [0.25, 0.3) is 33.5 Å². The Kier molecular flexibility index (Phi) is 13.6. The first-order chi connectivity index (χ1) is 31.8. The number of ether oxygens (including phenoxy) is 3. The molecule has 18 nitrogen and oxygen atoms in total. The number of benzene rings is 5. The van der Waals surface area contributed by atoms with Gasteiger partial charge in [-0.2, -0.15) is 9.10 Å². The summed E-state index contributed by atoms with van der Waals surface area (Å²) in [6.45, 7) is 5.46. The molecule has 1 unspecified atom stereocenters. The van der Waals surface area contributed by atoms with Crippen LogP contribution in [0.2, 0.25) is 0 Å². The first kappa shape index (κ1) is 47.9. The van der Waals surface area contributed by atoms with Crippen molar-refractivity contribution in [2.75, 3.05) is 33.6 Å². The van der Waals surface area contributed by atoms with Gasteiger partial charge >= 0.3 is 6.09 Å². The zero-order valence-electron chi connectivity index (χ0n) is 38.4. The Morgan fingerprint density at radius 1 is 0.776 bits per heavy atom. The Balaban J connectivity index is 1.55. The van der Waals surface area contributed by atoms with Crippen LogP contribution in [0.15, 0.2) is 113 Å². The van der Waals surface area contributed by atoms with Gasteiger partial charge in [-0.15, -0.1) is 10.2 Å². The summed E-state index contributed by atoms with van der Waals surface area (Å²) in [5.41, 5.74) is 8.68. The molecule has 2 heterocycles. The summed E-state index contributed by atoms with van der Waals surface area (Å²) in [7, 11) is -3.40. The van der Waals surface area contributed by atoms with Crippen LogP contribution in [0.1, 0.15) is 44.4 Å². The first-order valence-corrected chi connectivity index (χ1v) is 24.0. The number of carbonyl (C=O) groups is 1. The van der Waals surface area contributed by atoms with Gasteiger partial charge in [0.2, 0.25) is 21.8 Å². The van der Waals surface area contributed by atoms with E-state index in [0.717, 1.165) is 10.5 Å². The molecule has 7 aromatic rings. The van der Waals surface area contributed by atoms with Crippen molar-refractivity contribution in [2.45, 2.75) is 67.9 Å². The van der Waals surface area contributed by atoms with Crippen molar-refractivity contribution in [3.8, 4) is 39.8 Å². The second-order valence-electron chi connectivity index (χ2n) is 16.9. The average molecular weight is 952 g/mol. The summed E-state index contributed by atoms with van der Waals surface area (Å²) < 4.78 is 82.0. The van der Waals surface area contributed by atoms with Crippen LogP contribution in [-0.4, -0.2) is 106 Å². The molecule has 0 fully saturated rings. The number of rotatable bonds is 17. The highest BCUT2D eigenvalue weighted by molar-refractivity contribution is 7.94. The van der Waals surface area contributed by atoms with E-state index in [4.69, 9.17) is 25.0 Å². The van der Waals surface area contributed by atoms with Crippen LogP contribution >= 0.6 is 0 Å². The number of hydrogen-bond acceptors (Lipinski definition) is 13. The van der Waals surface area contributed by atoms with Gasteiger partial charge in [0, 0.05) is 37.8 Å². The number of imidazole rings is 1. The summed E-state index contributed by atoms with van der Waals surface area (Å²) in [5, 5.41) is 22.3. The standard InChI is InChI=1S/C47H53N9O9S2/c1-30(26-55(46(57)58)47(2,3)4)66(59,60)40-25-24-37(38-10-9-11-39-42(38)49-45(48)53(39)5)41(44-50-52-56(51-44)29-33-16-22-36(65-8)23-17-33)43(40)67(61,62)54(27-31-12-18-34(63-6)19-13-31)28-32-14-20-35(64-7)21-15-32/h9-25,30H,26-29H2,1-8H3,(H2,48,49)(H,57,58). The number of fused-ring (bicyclic) bond motifs is 1. The Hall–Kier alpha value is -7.03. The molecule has 0 aliphatic heterocycles. The number of hydrogen-bond donors (Lipinski definition) is 2. The number of amides is 1. The van der Waals surface area contributed by atoms with Gasteiger partial charge in [0.25, 0.3) is 0 Å². The van der Waals surface area contributed by atoms with Crippen LogP contribution < -0.4 is 19.9 Å². The molecule has 0 radical (unpaired) electrons. The number of carboxylic acid groups (broad SMARTS) is 1. The van der Waals surface area contributed by atoms with Crippen LogP contribution in [0, 0.1) is 0 Å². The van der Waals surface area contributed by atoms with Crippen molar-refractivity contribution < 1.29 is 40.9 Å². The van der Waals surface area contributed by atoms with Crippen molar-refractivity contribution in [3.63, 3.8) is 0 Å². The van der Waals surface area contributed by atoms with Gasteiger partial charge in [0.15, 0.2) is 9.84 Å². The largest absolute Gasteiger partial charge is 0.497 e. The highest BCUT2D eigenvalue weighted by Crippen LogP contribution is 2.44. The molecule has 3 N–H and O–H groups in total. The number of aromatic nitrogens is 6. The van der Waals surface area contributed by atoms with Crippen LogP contribution in [-0.2, 0) is 46.5 Å². The van der Waals surface area contributed by atoms with E-state index in [1.807, 2.05) is 12.1 Å². The number of aryl methyl sites for hydroxylation is 1. The minimum Gasteiger partial charge on any atom is -0.497 e. The normalized spacial score (nSPS) is 12.6. The molecule has 0 aliphatic rings. The smallest absolute Gasteiger partial charge is 0.407 e. The molecule has 67 heavy (non-hydrogen) atoms. The fourth-order valence-corrected chi connectivity index (χ4v) is 11.4. The van der Waals surface area contributed by atoms with Crippen molar-refractivity contribution in [3.05, 3.63) is 120 Å². The number of sulfonamides is 1. The molecule has 5 aromatic carbocycles. The number of sulfone groups is 1. The number of tetrazole rings is 1. The van der Waals surface area contributed by atoms with Crippen molar-refractivity contribution >= 4 is 42.9 Å². The number of anilines is 1.